The lowest BCUT2D eigenvalue weighted by molar-refractivity contribution is 0.296. The minimum Gasteiger partial charge on any atom is -0.465 e. The fourth-order valence-corrected chi connectivity index (χ4v) is 2.79. The Morgan fingerprint density at radius 2 is 2.25 bits per heavy atom. The van der Waals surface area contributed by atoms with Crippen LogP contribution in [0.5, 0.6) is 0 Å². The smallest absolute Gasteiger partial charge is 0.118 e. The summed E-state index contributed by atoms with van der Waals surface area (Å²) < 4.78 is 5.64. The van der Waals surface area contributed by atoms with Gasteiger partial charge in [0.15, 0.2) is 0 Å². The predicted molar refractivity (Wildman–Crippen MR) is 68.6 cm³/mol. The Morgan fingerprint density at radius 1 is 1.50 bits per heavy atom. The summed E-state index contributed by atoms with van der Waals surface area (Å²) >= 11 is 1.77. The number of rotatable bonds is 7. The van der Waals surface area contributed by atoms with Gasteiger partial charge in [0.2, 0.25) is 0 Å². The maximum absolute atomic E-state index is 8.78. The highest BCUT2D eigenvalue weighted by atomic mass is 32.2. The van der Waals surface area contributed by atoms with Gasteiger partial charge in [-0.15, -0.1) is 11.8 Å². The van der Waals surface area contributed by atoms with Crippen molar-refractivity contribution >= 4 is 11.8 Å². The van der Waals surface area contributed by atoms with Crippen molar-refractivity contribution in [2.24, 2.45) is 5.73 Å². The molecule has 0 aliphatic carbocycles. The Labute approximate surface area is 101 Å². The SMILES string of the molecule is CCC(N)C(SCCCO)c1ccc(C)o1. The largest absolute Gasteiger partial charge is 0.465 e. The Morgan fingerprint density at radius 3 is 2.75 bits per heavy atom. The summed E-state index contributed by atoms with van der Waals surface area (Å²) in [6.07, 6.45) is 1.73. The van der Waals surface area contributed by atoms with Gasteiger partial charge >= 0.3 is 0 Å². The van der Waals surface area contributed by atoms with Crippen LogP contribution in [-0.2, 0) is 0 Å². The maximum Gasteiger partial charge on any atom is 0.118 e. The summed E-state index contributed by atoms with van der Waals surface area (Å²) in [4.78, 5) is 0. The molecule has 1 aromatic rings. The summed E-state index contributed by atoms with van der Waals surface area (Å²) in [7, 11) is 0. The molecule has 16 heavy (non-hydrogen) atoms. The van der Waals surface area contributed by atoms with Crippen LogP contribution in [0.3, 0.4) is 0 Å². The van der Waals surface area contributed by atoms with Gasteiger partial charge in [-0.2, -0.15) is 0 Å². The van der Waals surface area contributed by atoms with E-state index >= 15 is 0 Å². The first-order valence-corrected chi connectivity index (χ1v) is 6.78. The Hall–Kier alpha value is -0.450. The molecule has 0 fully saturated rings. The third-order valence-electron chi connectivity index (χ3n) is 2.50. The van der Waals surface area contributed by atoms with Gasteiger partial charge < -0.3 is 15.3 Å². The number of hydrogen-bond acceptors (Lipinski definition) is 4. The van der Waals surface area contributed by atoms with Gasteiger partial charge in [0.1, 0.15) is 11.5 Å². The van der Waals surface area contributed by atoms with Crippen molar-refractivity contribution in [1.82, 2.24) is 0 Å². The molecule has 3 nitrogen and oxygen atoms in total. The lowest BCUT2D eigenvalue weighted by Crippen LogP contribution is -2.25. The minimum atomic E-state index is 0.106. The van der Waals surface area contributed by atoms with Crippen LogP contribution in [0.1, 0.15) is 36.5 Å². The van der Waals surface area contributed by atoms with E-state index in [-0.39, 0.29) is 17.9 Å². The van der Waals surface area contributed by atoms with E-state index in [4.69, 9.17) is 15.3 Å². The quantitative estimate of drug-likeness (QED) is 0.722. The molecule has 2 unspecified atom stereocenters. The van der Waals surface area contributed by atoms with Crippen molar-refractivity contribution in [2.75, 3.05) is 12.4 Å². The van der Waals surface area contributed by atoms with Crippen LogP contribution in [0.4, 0.5) is 0 Å². The number of furan rings is 1. The first kappa shape index (κ1) is 13.6. The summed E-state index contributed by atoms with van der Waals surface area (Å²) in [5.41, 5.74) is 6.10. The van der Waals surface area contributed by atoms with Gasteiger partial charge in [0, 0.05) is 12.6 Å². The van der Waals surface area contributed by atoms with Crippen molar-refractivity contribution in [3.63, 3.8) is 0 Å². The second-order valence-corrected chi connectivity index (χ2v) is 5.14. The summed E-state index contributed by atoms with van der Waals surface area (Å²) in [6.45, 7) is 4.26. The number of aliphatic hydroxyl groups excluding tert-OH is 1. The van der Waals surface area contributed by atoms with Crippen LogP contribution in [0.15, 0.2) is 16.5 Å². The molecule has 4 heteroatoms. The highest BCUT2D eigenvalue weighted by Crippen LogP contribution is 2.33. The summed E-state index contributed by atoms with van der Waals surface area (Å²) in [6, 6.07) is 4.08. The molecule has 0 saturated heterocycles. The Balaban J connectivity index is 2.63. The predicted octanol–water partition coefficient (Wildman–Crippen LogP) is 2.48. The van der Waals surface area contributed by atoms with Gasteiger partial charge in [-0.3, -0.25) is 0 Å². The molecule has 92 valence electrons. The lowest BCUT2D eigenvalue weighted by Gasteiger charge is -2.20. The molecule has 0 aromatic carbocycles. The molecule has 0 aliphatic rings. The van der Waals surface area contributed by atoms with Crippen LogP contribution in [0.2, 0.25) is 0 Å². The number of hydrogen-bond donors (Lipinski definition) is 2. The number of aryl methyl sites for hydroxylation is 1. The first-order chi connectivity index (χ1) is 7.69. The van der Waals surface area contributed by atoms with E-state index < -0.39 is 0 Å². The molecule has 0 spiro atoms. The van der Waals surface area contributed by atoms with E-state index in [0.29, 0.717) is 0 Å². The van der Waals surface area contributed by atoms with Crippen molar-refractivity contribution in [3.8, 4) is 0 Å². The third kappa shape index (κ3) is 3.85. The van der Waals surface area contributed by atoms with Gasteiger partial charge in [0.05, 0.1) is 5.25 Å². The minimum absolute atomic E-state index is 0.106. The number of thioether (sulfide) groups is 1. The zero-order chi connectivity index (χ0) is 12.0. The summed E-state index contributed by atoms with van der Waals surface area (Å²) in [5.74, 6) is 2.79. The average Bonchev–Trinajstić information content (AvgIpc) is 2.70. The molecular formula is C12H21NO2S. The van der Waals surface area contributed by atoms with Crippen LogP contribution in [0.25, 0.3) is 0 Å². The van der Waals surface area contributed by atoms with E-state index in [0.717, 1.165) is 30.1 Å². The van der Waals surface area contributed by atoms with Crippen LogP contribution >= 0.6 is 11.8 Å². The van der Waals surface area contributed by atoms with Gasteiger partial charge in [-0.25, -0.2) is 0 Å². The molecule has 0 radical (unpaired) electrons. The summed E-state index contributed by atoms with van der Waals surface area (Å²) in [5, 5.41) is 8.98. The molecule has 1 rings (SSSR count). The first-order valence-electron chi connectivity index (χ1n) is 5.73. The molecular weight excluding hydrogens is 222 g/mol. The molecule has 2 atom stereocenters. The fraction of sp³-hybridized carbons (Fsp3) is 0.667. The normalized spacial score (nSPS) is 15.0. The molecule has 0 saturated carbocycles. The Bertz CT molecular complexity index is 301. The van der Waals surface area contributed by atoms with Crippen LogP contribution in [-0.4, -0.2) is 23.5 Å². The average molecular weight is 243 g/mol. The van der Waals surface area contributed by atoms with E-state index in [1.165, 1.54) is 0 Å². The maximum atomic E-state index is 8.78. The van der Waals surface area contributed by atoms with Crippen molar-refractivity contribution < 1.29 is 9.52 Å². The van der Waals surface area contributed by atoms with E-state index in [1.54, 1.807) is 11.8 Å². The van der Waals surface area contributed by atoms with Crippen molar-refractivity contribution in [2.45, 2.75) is 38.0 Å². The topological polar surface area (TPSA) is 59.4 Å². The van der Waals surface area contributed by atoms with E-state index in [2.05, 4.69) is 6.92 Å². The number of nitrogens with two attached hydrogens (primary N) is 1. The monoisotopic (exact) mass is 243 g/mol. The fourth-order valence-electron chi connectivity index (χ4n) is 1.51. The molecule has 0 bridgehead atoms. The van der Waals surface area contributed by atoms with Gasteiger partial charge in [0.25, 0.3) is 0 Å². The van der Waals surface area contributed by atoms with Crippen LogP contribution in [0, 0.1) is 6.92 Å². The highest BCUT2D eigenvalue weighted by molar-refractivity contribution is 7.99. The zero-order valence-corrected chi connectivity index (χ0v) is 10.8. The van der Waals surface area contributed by atoms with Crippen LogP contribution < -0.4 is 5.73 Å². The molecule has 0 aliphatic heterocycles. The Kier molecular flexibility index (Phi) is 5.95. The van der Waals surface area contributed by atoms with Gasteiger partial charge in [-0.05, 0) is 37.7 Å². The second-order valence-electron chi connectivity index (χ2n) is 3.89. The number of aliphatic hydroxyl groups is 1. The van der Waals surface area contributed by atoms with E-state index in [1.807, 2.05) is 19.1 Å². The van der Waals surface area contributed by atoms with Gasteiger partial charge in [-0.1, -0.05) is 6.92 Å². The molecule has 1 aromatic heterocycles. The highest BCUT2D eigenvalue weighted by Gasteiger charge is 2.21. The second kappa shape index (κ2) is 6.99. The molecule has 1 heterocycles. The standard InChI is InChI=1S/C12H21NO2S/c1-3-10(13)12(16-8-4-7-14)11-6-5-9(2)15-11/h5-6,10,12,14H,3-4,7-8,13H2,1-2H3. The van der Waals surface area contributed by atoms with E-state index in [9.17, 15) is 0 Å². The van der Waals surface area contributed by atoms with Crippen molar-refractivity contribution in [3.05, 3.63) is 23.7 Å². The van der Waals surface area contributed by atoms with Crippen molar-refractivity contribution in [1.29, 1.82) is 0 Å². The zero-order valence-electron chi connectivity index (χ0n) is 9.98. The third-order valence-corrected chi connectivity index (χ3v) is 3.97. The molecule has 0 amide bonds. The lowest BCUT2D eigenvalue weighted by atomic mass is 10.1. The molecule has 3 N–H and O–H groups in total.